The Morgan fingerprint density at radius 3 is 2.43 bits per heavy atom. The fourth-order valence-corrected chi connectivity index (χ4v) is 1.42. The van der Waals surface area contributed by atoms with E-state index < -0.39 is 41.1 Å². The van der Waals surface area contributed by atoms with Crippen LogP contribution in [0, 0.1) is 5.82 Å². The van der Waals surface area contributed by atoms with Gasteiger partial charge in [-0.25, -0.2) is 9.18 Å². The largest absolute Gasteiger partial charge is 0.479 e. The highest BCUT2D eigenvalue weighted by Crippen LogP contribution is 2.30. The second-order valence-electron chi connectivity index (χ2n) is 4.09. The van der Waals surface area contributed by atoms with E-state index in [9.17, 15) is 27.2 Å². The lowest BCUT2D eigenvalue weighted by Gasteiger charge is -2.11. The van der Waals surface area contributed by atoms with E-state index in [0.29, 0.717) is 18.2 Å². The van der Waals surface area contributed by atoms with Gasteiger partial charge in [-0.3, -0.25) is 4.79 Å². The summed E-state index contributed by atoms with van der Waals surface area (Å²) in [5.74, 6) is -3.77. The first-order chi connectivity index (χ1) is 9.62. The molecular formula is C12H11F4NO4. The molecular weight excluding hydrogens is 298 g/mol. The maximum absolute atomic E-state index is 13.4. The number of nitrogens with one attached hydrogen (secondary N) is 1. The van der Waals surface area contributed by atoms with E-state index in [1.54, 1.807) is 0 Å². The van der Waals surface area contributed by atoms with E-state index in [2.05, 4.69) is 0 Å². The SMILES string of the molecule is O=C(NCC[C@H](O)C(=O)O)c1cc(C(F)(F)F)ccc1F. The number of aliphatic hydroxyl groups excluding tert-OH is 1. The third-order valence-electron chi connectivity index (χ3n) is 2.53. The first-order valence-electron chi connectivity index (χ1n) is 5.68. The minimum Gasteiger partial charge on any atom is -0.479 e. The van der Waals surface area contributed by atoms with E-state index in [-0.39, 0.29) is 13.0 Å². The Balaban J connectivity index is 2.76. The van der Waals surface area contributed by atoms with Gasteiger partial charge in [-0.05, 0) is 18.2 Å². The Bertz CT molecular complexity index is 545. The van der Waals surface area contributed by atoms with Gasteiger partial charge in [0.2, 0.25) is 0 Å². The molecule has 3 N–H and O–H groups in total. The lowest BCUT2D eigenvalue weighted by atomic mass is 10.1. The monoisotopic (exact) mass is 309 g/mol. The Morgan fingerprint density at radius 2 is 1.90 bits per heavy atom. The lowest BCUT2D eigenvalue weighted by Crippen LogP contribution is -2.30. The normalized spacial score (nSPS) is 12.8. The standard InChI is InChI=1S/C12H11F4NO4/c13-8-2-1-6(12(14,15)16)5-7(8)10(19)17-4-3-9(18)11(20)21/h1-2,5,9,18H,3-4H2,(H,17,19)(H,20,21)/t9-/m0/s1. The van der Waals surface area contributed by atoms with Gasteiger partial charge < -0.3 is 15.5 Å². The number of carboxylic acid groups (broad SMARTS) is 1. The third kappa shape index (κ3) is 4.71. The van der Waals surface area contributed by atoms with Crippen LogP contribution in [0.2, 0.25) is 0 Å². The maximum Gasteiger partial charge on any atom is 0.416 e. The fourth-order valence-electron chi connectivity index (χ4n) is 1.42. The van der Waals surface area contributed by atoms with Crippen LogP contribution < -0.4 is 5.32 Å². The third-order valence-corrected chi connectivity index (χ3v) is 2.53. The highest BCUT2D eigenvalue weighted by molar-refractivity contribution is 5.94. The van der Waals surface area contributed by atoms with E-state index in [0.717, 1.165) is 0 Å². The Labute approximate surface area is 116 Å². The summed E-state index contributed by atoms with van der Waals surface area (Å²) in [6.07, 6.45) is -6.80. The van der Waals surface area contributed by atoms with Gasteiger partial charge in [0.1, 0.15) is 5.82 Å². The van der Waals surface area contributed by atoms with Crippen LogP contribution in [0.25, 0.3) is 0 Å². The quantitative estimate of drug-likeness (QED) is 0.718. The molecule has 9 heteroatoms. The zero-order chi connectivity index (χ0) is 16.2. The highest BCUT2D eigenvalue weighted by atomic mass is 19.4. The molecule has 5 nitrogen and oxygen atoms in total. The van der Waals surface area contributed by atoms with Crippen molar-refractivity contribution < 1.29 is 37.4 Å². The molecule has 0 saturated heterocycles. The van der Waals surface area contributed by atoms with Crippen LogP contribution in [0.5, 0.6) is 0 Å². The van der Waals surface area contributed by atoms with Crippen LogP contribution >= 0.6 is 0 Å². The zero-order valence-corrected chi connectivity index (χ0v) is 10.4. The topological polar surface area (TPSA) is 86.6 Å². The number of aliphatic carboxylic acids is 1. The molecule has 1 amide bonds. The van der Waals surface area contributed by atoms with E-state index in [1.165, 1.54) is 0 Å². The summed E-state index contributed by atoms with van der Waals surface area (Å²) >= 11 is 0. The summed E-state index contributed by atoms with van der Waals surface area (Å²) in [4.78, 5) is 21.9. The van der Waals surface area contributed by atoms with Crippen molar-refractivity contribution in [2.24, 2.45) is 0 Å². The molecule has 0 bridgehead atoms. The number of hydrogen-bond donors (Lipinski definition) is 3. The summed E-state index contributed by atoms with van der Waals surface area (Å²) in [6.45, 7) is -0.331. The summed E-state index contributed by atoms with van der Waals surface area (Å²) in [7, 11) is 0. The average Bonchev–Trinajstić information content (AvgIpc) is 2.37. The van der Waals surface area contributed by atoms with Gasteiger partial charge in [-0.15, -0.1) is 0 Å². The second-order valence-corrected chi connectivity index (χ2v) is 4.09. The number of carboxylic acids is 1. The molecule has 0 aliphatic carbocycles. The molecule has 116 valence electrons. The van der Waals surface area contributed by atoms with Crippen molar-refractivity contribution in [1.82, 2.24) is 5.32 Å². The Morgan fingerprint density at radius 1 is 1.29 bits per heavy atom. The van der Waals surface area contributed by atoms with Gasteiger partial charge in [0.25, 0.3) is 5.91 Å². The highest BCUT2D eigenvalue weighted by Gasteiger charge is 2.31. The predicted octanol–water partition coefficient (Wildman–Crippen LogP) is 1.41. The molecule has 1 aromatic rings. The number of halogens is 4. The van der Waals surface area contributed by atoms with Gasteiger partial charge in [0.05, 0.1) is 11.1 Å². The van der Waals surface area contributed by atoms with Gasteiger partial charge in [0, 0.05) is 13.0 Å². The lowest BCUT2D eigenvalue weighted by molar-refractivity contribution is -0.146. The van der Waals surface area contributed by atoms with E-state index in [1.807, 2.05) is 5.32 Å². The Kier molecular flexibility index (Phi) is 5.25. The maximum atomic E-state index is 13.4. The van der Waals surface area contributed by atoms with E-state index >= 15 is 0 Å². The van der Waals surface area contributed by atoms with Crippen LogP contribution in [0.1, 0.15) is 22.3 Å². The van der Waals surface area contributed by atoms with Crippen molar-refractivity contribution in [3.8, 4) is 0 Å². The number of hydrogen-bond acceptors (Lipinski definition) is 3. The number of aliphatic hydroxyl groups is 1. The molecule has 0 fully saturated rings. The first-order valence-corrected chi connectivity index (χ1v) is 5.68. The molecule has 21 heavy (non-hydrogen) atoms. The number of carbonyl (C=O) groups excluding carboxylic acids is 1. The van der Waals surface area contributed by atoms with Crippen LogP contribution in [0.4, 0.5) is 17.6 Å². The van der Waals surface area contributed by atoms with Gasteiger partial charge in [0.15, 0.2) is 6.10 Å². The fraction of sp³-hybridized carbons (Fsp3) is 0.333. The van der Waals surface area contributed by atoms with Crippen molar-refractivity contribution in [3.63, 3.8) is 0 Å². The molecule has 0 spiro atoms. The van der Waals surface area contributed by atoms with Crippen molar-refractivity contribution in [1.29, 1.82) is 0 Å². The zero-order valence-electron chi connectivity index (χ0n) is 10.4. The van der Waals surface area contributed by atoms with Crippen LogP contribution in [-0.4, -0.2) is 34.7 Å². The first kappa shape index (κ1) is 16.9. The molecule has 0 saturated carbocycles. The van der Waals surface area contributed by atoms with Crippen molar-refractivity contribution in [2.45, 2.75) is 18.7 Å². The van der Waals surface area contributed by atoms with Crippen molar-refractivity contribution in [2.75, 3.05) is 6.54 Å². The van der Waals surface area contributed by atoms with Crippen molar-refractivity contribution >= 4 is 11.9 Å². The van der Waals surface area contributed by atoms with Crippen LogP contribution in [-0.2, 0) is 11.0 Å². The molecule has 0 heterocycles. The molecule has 1 atom stereocenters. The number of alkyl halides is 3. The summed E-state index contributed by atoms with van der Waals surface area (Å²) in [5.41, 5.74) is -1.99. The molecule has 0 aliphatic rings. The molecule has 0 unspecified atom stereocenters. The summed E-state index contributed by atoms with van der Waals surface area (Å²) < 4.78 is 50.7. The van der Waals surface area contributed by atoms with Gasteiger partial charge in [-0.1, -0.05) is 0 Å². The van der Waals surface area contributed by atoms with Crippen molar-refractivity contribution in [3.05, 3.63) is 35.1 Å². The summed E-state index contributed by atoms with van der Waals surface area (Å²) in [5, 5.41) is 19.4. The number of carbonyl (C=O) groups is 2. The van der Waals surface area contributed by atoms with Crippen LogP contribution in [0.15, 0.2) is 18.2 Å². The van der Waals surface area contributed by atoms with Gasteiger partial charge >= 0.3 is 12.1 Å². The number of benzene rings is 1. The number of rotatable bonds is 5. The average molecular weight is 309 g/mol. The summed E-state index contributed by atoms with van der Waals surface area (Å²) in [6, 6.07) is 1.38. The molecule has 0 aromatic heterocycles. The minimum atomic E-state index is -4.72. The minimum absolute atomic E-state index is 0.331. The van der Waals surface area contributed by atoms with E-state index in [4.69, 9.17) is 10.2 Å². The smallest absolute Gasteiger partial charge is 0.416 e. The predicted molar refractivity (Wildman–Crippen MR) is 62.0 cm³/mol. The Hall–Kier alpha value is -2.16. The molecule has 1 aromatic carbocycles. The second kappa shape index (κ2) is 6.53. The molecule has 0 radical (unpaired) electrons. The van der Waals surface area contributed by atoms with Crippen LogP contribution in [0.3, 0.4) is 0 Å². The number of amides is 1. The molecule has 0 aliphatic heterocycles. The van der Waals surface area contributed by atoms with Gasteiger partial charge in [-0.2, -0.15) is 13.2 Å². The molecule has 1 rings (SSSR count).